The van der Waals surface area contributed by atoms with Crippen LogP contribution in [0, 0.1) is 0 Å². The van der Waals surface area contributed by atoms with Crippen molar-refractivity contribution in [2.75, 3.05) is 18.0 Å². The van der Waals surface area contributed by atoms with Gasteiger partial charge in [-0.25, -0.2) is 0 Å². The third-order valence-corrected chi connectivity index (χ3v) is 2.59. The molecule has 0 saturated carbocycles. The van der Waals surface area contributed by atoms with Gasteiger partial charge < -0.3 is 10.6 Å². The molecule has 0 spiro atoms. The molecular formula is C13H19N3. The maximum Gasteiger partial charge on any atom is 0.0895 e. The Morgan fingerprint density at radius 1 is 1.44 bits per heavy atom. The number of nitrogens with zero attached hydrogens (tertiary/aromatic N) is 2. The fourth-order valence-electron chi connectivity index (χ4n) is 1.95. The minimum Gasteiger partial charge on any atom is -0.331 e. The van der Waals surface area contributed by atoms with Gasteiger partial charge in [0.2, 0.25) is 0 Å². The van der Waals surface area contributed by atoms with E-state index in [1.807, 2.05) is 6.34 Å². The first-order valence-electron chi connectivity index (χ1n) is 5.69. The van der Waals surface area contributed by atoms with Crippen molar-refractivity contribution in [2.45, 2.75) is 25.8 Å². The molecule has 0 aromatic heterocycles. The van der Waals surface area contributed by atoms with Crippen LogP contribution in [0.1, 0.15) is 19.4 Å². The Bertz CT molecular complexity index is 390. The molecule has 0 bridgehead atoms. The number of hydrogen-bond acceptors (Lipinski definition) is 3. The van der Waals surface area contributed by atoms with Crippen LogP contribution in [-0.4, -0.2) is 25.0 Å². The summed E-state index contributed by atoms with van der Waals surface area (Å²) in [6.45, 7) is 5.98. The van der Waals surface area contributed by atoms with Crippen LogP contribution in [0.5, 0.6) is 0 Å². The first kappa shape index (κ1) is 11.1. The monoisotopic (exact) mass is 217 g/mol. The topological polar surface area (TPSA) is 41.6 Å². The fourth-order valence-corrected chi connectivity index (χ4v) is 1.95. The summed E-state index contributed by atoms with van der Waals surface area (Å²) < 4.78 is 0. The molecule has 0 amide bonds. The summed E-state index contributed by atoms with van der Waals surface area (Å²) in [5.41, 5.74) is 8.37. The van der Waals surface area contributed by atoms with Crippen molar-refractivity contribution >= 4 is 12.0 Å². The Hall–Kier alpha value is -1.35. The molecule has 2 N–H and O–H groups in total. The van der Waals surface area contributed by atoms with Crippen LogP contribution in [0.25, 0.3) is 0 Å². The second-order valence-electron chi connectivity index (χ2n) is 5.05. The van der Waals surface area contributed by atoms with E-state index in [-0.39, 0.29) is 5.54 Å². The van der Waals surface area contributed by atoms with Crippen molar-refractivity contribution in [3.8, 4) is 0 Å². The van der Waals surface area contributed by atoms with E-state index in [2.05, 4.69) is 48.0 Å². The molecule has 86 valence electrons. The molecule has 3 heteroatoms. The summed E-state index contributed by atoms with van der Waals surface area (Å²) in [5.74, 6) is 0. The van der Waals surface area contributed by atoms with E-state index in [9.17, 15) is 0 Å². The third-order valence-electron chi connectivity index (χ3n) is 2.59. The summed E-state index contributed by atoms with van der Waals surface area (Å²) >= 11 is 0. The van der Waals surface area contributed by atoms with Gasteiger partial charge in [0.05, 0.1) is 12.9 Å². The van der Waals surface area contributed by atoms with Gasteiger partial charge in [0.1, 0.15) is 0 Å². The van der Waals surface area contributed by atoms with Crippen molar-refractivity contribution in [1.29, 1.82) is 0 Å². The Kier molecular flexibility index (Phi) is 2.97. The van der Waals surface area contributed by atoms with Gasteiger partial charge in [-0.1, -0.05) is 12.1 Å². The van der Waals surface area contributed by atoms with Gasteiger partial charge in [-0.05, 0) is 38.0 Å². The van der Waals surface area contributed by atoms with Crippen LogP contribution in [0.15, 0.2) is 29.3 Å². The van der Waals surface area contributed by atoms with Crippen LogP contribution >= 0.6 is 0 Å². The highest BCUT2D eigenvalue weighted by Crippen LogP contribution is 2.19. The van der Waals surface area contributed by atoms with Crippen molar-refractivity contribution in [3.05, 3.63) is 29.8 Å². The molecule has 2 rings (SSSR count). The SMILES string of the molecule is CC(C)(N)Cc1cccc(N2C=NCC2)c1. The highest BCUT2D eigenvalue weighted by molar-refractivity contribution is 5.81. The molecule has 1 aromatic carbocycles. The Labute approximate surface area is 97.0 Å². The molecule has 1 aromatic rings. The lowest BCUT2D eigenvalue weighted by molar-refractivity contribution is 0.517. The summed E-state index contributed by atoms with van der Waals surface area (Å²) in [5, 5.41) is 0. The lowest BCUT2D eigenvalue weighted by Gasteiger charge is -2.20. The van der Waals surface area contributed by atoms with Gasteiger partial charge in [-0.2, -0.15) is 0 Å². The average Bonchev–Trinajstić information content (AvgIpc) is 2.68. The molecule has 1 aliphatic heterocycles. The summed E-state index contributed by atoms with van der Waals surface area (Å²) in [4.78, 5) is 6.40. The number of rotatable bonds is 3. The van der Waals surface area contributed by atoms with E-state index in [1.165, 1.54) is 11.3 Å². The predicted molar refractivity (Wildman–Crippen MR) is 69.1 cm³/mol. The molecule has 0 atom stereocenters. The summed E-state index contributed by atoms with van der Waals surface area (Å²) in [6.07, 6.45) is 2.80. The van der Waals surface area contributed by atoms with Crippen LogP contribution in [-0.2, 0) is 6.42 Å². The molecule has 0 fully saturated rings. The zero-order valence-electron chi connectivity index (χ0n) is 9.98. The Morgan fingerprint density at radius 2 is 2.25 bits per heavy atom. The molecule has 1 aliphatic rings. The van der Waals surface area contributed by atoms with Crippen molar-refractivity contribution in [1.82, 2.24) is 0 Å². The van der Waals surface area contributed by atoms with Crippen LogP contribution < -0.4 is 10.6 Å². The van der Waals surface area contributed by atoms with Crippen molar-refractivity contribution in [3.63, 3.8) is 0 Å². The maximum atomic E-state index is 6.03. The second-order valence-corrected chi connectivity index (χ2v) is 5.05. The van der Waals surface area contributed by atoms with E-state index in [0.717, 1.165) is 19.5 Å². The van der Waals surface area contributed by atoms with Gasteiger partial charge in [0.25, 0.3) is 0 Å². The van der Waals surface area contributed by atoms with Gasteiger partial charge >= 0.3 is 0 Å². The van der Waals surface area contributed by atoms with Crippen molar-refractivity contribution in [2.24, 2.45) is 10.7 Å². The minimum absolute atomic E-state index is 0.155. The summed E-state index contributed by atoms with van der Waals surface area (Å²) in [7, 11) is 0. The first-order chi connectivity index (χ1) is 7.54. The van der Waals surface area contributed by atoms with Crippen LogP contribution in [0.4, 0.5) is 5.69 Å². The molecule has 0 unspecified atom stereocenters. The molecule has 0 radical (unpaired) electrons. The molecule has 0 aliphatic carbocycles. The lowest BCUT2D eigenvalue weighted by atomic mass is 9.96. The zero-order chi connectivity index (χ0) is 11.6. The van der Waals surface area contributed by atoms with Gasteiger partial charge in [0, 0.05) is 17.8 Å². The third kappa shape index (κ3) is 2.83. The number of aliphatic imine (C=N–C) groups is 1. The quantitative estimate of drug-likeness (QED) is 0.839. The minimum atomic E-state index is -0.155. The van der Waals surface area contributed by atoms with Crippen molar-refractivity contribution < 1.29 is 0 Å². The second kappa shape index (κ2) is 4.26. The molecule has 0 saturated heterocycles. The molecular weight excluding hydrogens is 198 g/mol. The highest BCUT2D eigenvalue weighted by atomic mass is 15.2. The van der Waals surface area contributed by atoms with Gasteiger partial charge in [-0.3, -0.25) is 4.99 Å². The largest absolute Gasteiger partial charge is 0.331 e. The Balaban J connectivity index is 2.16. The van der Waals surface area contributed by atoms with E-state index >= 15 is 0 Å². The average molecular weight is 217 g/mol. The Morgan fingerprint density at radius 3 is 2.88 bits per heavy atom. The normalized spacial score (nSPS) is 15.8. The smallest absolute Gasteiger partial charge is 0.0895 e. The number of anilines is 1. The summed E-state index contributed by atoms with van der Waals surface area (Å²) in [6, 6.07) is 8.53. The number of hydrogen-bond donors (Lipinski definition) is 1. The van der Waals surface area contributed by atoms with Gasteiger partial charge in [-0.15, -0.1) is 0 Å². The standard InChI is InChI=1S/C13H19N3/c1-13(2,14)9-11-4-3-5-12(8-11)16-7-6-15-10-16/h3-5,8,10H,6-7,9,14H2,1-2H3. The number of nitrogens with two attached hydrogens (primary N) is 1. The van der Waals surface area contributed by atoms with Crippen LogP contribution in [0.3, 0.4) is 0 Å². The molecule has 1 heterocycles. The lowest BCUT2D eigenvalue weighted by Crippen LogP contribution is -2.34. The first-order valence-corrected chi connectivity index (χ1v) is 5.69. The van der Waals surface area contributed by atoms with E-state index in [0.29, 0.717) is 0 Å². The van der Waals surface area contributed by atoms with E-state index in [4.69, 9.17) is 5.73 Å². The molecule has 16 heavy (non-hydrogen) atoms. The molecule has 3 nitrogen and oxygen atoms in total. The van der Waals surface area contributed by atoms with Gasteiger partial charge in [0.15, 0.2) is 0 Å². The fraction of sp³-hybridized carbons (Fsp3) is 0.462. The highest BCUT2D eigenvalue weighted by Gasteiger charge is 2.13. The zero-order valence-corrected chi connectivity index (χ0v) is 9.98. The maximum absolute atomic E-state index is 6.03. The van der Waals surface area contributed by atoms with E-state index < -0.39 is 0 Å². The van der Waals surface area contributed by atoms with E-state index in [1.54, 1.807) is 0 Å². The van der Waals surface area contributed by atoms with Crippen LogP contribution in [0.2, 0.25) is 0 Å². The predicted octanol–water partition coefficient (Wildman–Crippen LogP) is 1.81. The number of benzene rings is 1.